The Hall–Kier alpha value is -3.44. The summed E-state index contributed by atoms with van der Waals surface area (Å²) in [7, 11) is 0. The smallest absolute Gasteiger partial charge is 0.350 e. The van der Waals surface area contributed by atoms with Gasteiger partial charge in [0.25, 0.3) is 0 Å². The Morgan fingerprint density at radius 2 is 2.00 bits per heavy atom. The Balaban J connectivity index is 1.53. The molecule has 3 aromatic heterocycles. The molecule has 3 rings (SSSR count). The van der Waals surface area contributed by atoms with Gasteiger partial charge in [0, 0.05) is 18.5 Å². The highest BCUT2D eigenvalue weighted by Gasteiger charge is 2.41. The minimum absolute atomic E-state index is 0.0136. The van der Waals surface area contributed by atoms with Crippen molar-refractivity contribution in [2.24, 2.45) is 0 Å². The minimum Gasteiger partial charge on any atom is -0.471 e. The van der Waals surface area contributed by atoms with Crippen molar-refractivity contribution in [3.05, 3.63) is 58.8 Å². The first-order chi connectivity index (χ1) is 13.8. The van der Waals surface area contributed by atoms with Crippen LogP contribution in [-0.2, 0) is 11.3 Å². The molecule has 0 aliphatic carbocycles. The van der Waals surface area contributed by atoms with Gasteiger partial charge in [0.1, 0.15) is 6.61 Å². The zero-order valence-electron chi connectivity index (χ0n) is 14.7. The molecule has 0 radical (unpaired) electrons. The lowest BCUT2D eigenvalue weighted by atomic mass is 10.3. The molecule has 0 atom stereocenters. The summed E-state index contributed by atoms with van der Waals surface area (Å²) in [5.41, 5.74) is 0.0433. The van der Waals surface area contributed by atoms with E-state index in [1.54, 1.807) is 24.4 Å². The van der Waals surface area contributed by atoms with Gasteiger partial charge in [-0.25, -0.2) is 28.0 Å². The molecule has 0 saturated heterocycles. The van der Waals surface area contributed by atoms with Gasteiger partial charge in [-0.1, -0.05) is 6.07 Å². The number of aromatic nitrogens is 4. The third-order valence-corrected chi connectivity index (χ3v) is 3.73. The van der Waals surface area contributed by atoms with E-state index in [9.17, 15) is 27.2 Å². The van der Waals surface area contributed by atoms with Gasteiger partial charge in [-0.05, 0) is 18.2 Å². The van der Waals surface area contributed by atoms with E-state index in [4.69, 9.17) is 4.74 Å². The summed E-state index contributed by atoms with van der Waals surface area (Å²) in [6.07, 6.45) is -1.31. The van der Waals surface area contributed by atoms with Crippen molar-refractivity contribution in [1.29, 1.82) is 0 Å². The first kappa shape index (κ1) is 20.3. The van der Waals surface area contributed by atoms with E-state index in [1.165, 1.54) is 10.5 Å². The Bertz CT molecular complexity index is 1050. The molecule has 0 N–H and O–H groups in total. The summed E-state index contributed by atoms with van der Waals surface area (Å²) in [5.74, 6) is -5.44. The number of alkyl halides is 4. The first-order valence-electron chi connectivity index (χ1n) is 8.24. The summed E-state index contributed by atoms with van der Waals surface area (Å²) in [6.45, 7) is -1.68. The zero-order valence-corrected chi connectivity index (χ0v) is 14.7. The second kappa shape index (κ2) is 8.29. The van der Waals surface area contributed by atoms with Crippen LogP contribution in [0.5, 0.6) is 5.88 Å². The van der Waals surface area contributed by atoms with Crippen molar-refractivity contribution in [1.82, 2.24) is 19.2 Å². The third-order valence-electron chi connectivity index (χ3n) is 3.73. The van der Waals surface area contributed by atoms with Gasteiger partial charge < -0.3 is 9.47 Å². The molecule has 0 fully saturated rings. The van der Waals surface area contributed by atoms with Crippen LogP contribution in [0.3, 0.4) is 0 Å². The van der Waals surface area contributed by atoms with Gasteiger partial charge >= 0.3 is 24.0 Å². The molecule has 0 amide bonds. The number of carbonyl (C=O) groups is 1. The molecule has 12 heteroatoms. The topological polar surface area (TPSA) is 87.7 Å². The van der Waals surface area contributed by atoms with Crippen molar-refractivity contribution in [2.45, 2.75) is 18.9 Å². The normalized spacial score (nSPS) is 11.8. The van der Waals surface area contributed by atoms with Crippen LogP contribution in [0.25, 0.3) is 5.65 Å². The monoisotopic (exact) mass is 414 g/mol. The maximum absolute atomic E-state index is 12.8. The lowest BCUT2D eigenvalue weighted by Crippen LogP contribution is -2.33. The van der Waals surface area contributed by atoms with Gasteiger partial charge in [0.15, 0.2) is 12.3 Å². The minimum atomic E-state index is -4.31. The van der Waals surface area contributed by atoms with Crippen LogP contribution >= 0.6 is 0 Å². The molecule has 0 unspecified atom stereocenters. The Morgan fingerprint density at radius 1 is 1.21 bits per heavy atom. The number of fused-ring (bicyclic) bond motifs is 1. The highest BCUT2D eigenvalue weighted by molar-refractivity contribution is 5.89. The Labute approximate surface area is 160 Å². The van der Waals surface area contributed by atoms with Crippen LogP contribution in [0.1, 0.15) is 10.4 Å². The number of hydrogen-bond donors (Lipinski definition) is 0. The number of nitrogens with zero attached hydrogens (tertiary/aromatic N) is 4. The number of rotatable bonds is 8. The zero-order chi connectivity index (χ0) is 21.0. The fraction of sp³-hybridized carbons (Fsp3) is 0.294. The molecule has 3 aromatic rings. The Kier molecular flexibility index (Phi) is 5.80. The van der Waals surface area contributed by atoms with E-state index >= 15 is 0 Å². The highest BCUT2D eigenvalue weighted by atomic mass is 19.3. The summed E-state index contributed by atoms with van der Waals surface area (Å²) in [6, 6.07) is 7.31. The first-order valence-corrected chi connectivity index (χ1v) is 8.24. The lowest BCUT2D eigenvalue weighted by molar-refractivity contribution is -0.148. The summed E-state index contributed by atoms with van der Waals surface area (Å²) in [5, 5.41) is 4.08. The van der Waals surface area contributed by atoms with E-state index in [1.807, 2.05) is 0 Å². The highest BCUT2D eigenvalue weighted by Crippen LogP contribution is 2.23. The largest absolute Gasteiger partial charge is 0.471 e. The van der Waals surface area contributed by atoms with Crippen molar-refractivity contribution in [3.8, 4) is 5.88 Å². The second-order valence-corrected chi connectivity index (χ2v) is 5.81. The summed E-state index contributed by atoms with van der Waals surface area (Å²) < 4.78 is 61.8. The van der Waals surface area contributed by atoms with E-state index in [0.717, 1.165) is 16.9 Å². The summed E-state index contributed by atoms with van der Waals surface area (Å²) in [4.78, 5) is 27.7. The van der Waals surface area contributed by atoms with Gasteiger partial charge in [0.2, 0.25) is 5.88 Å². The lowest BCUT2D eigenvalue weighted by Gasteiger charge is -2.15. The second-order valence-electron chi connectivity index (χ2n) is 5.81. The molecule has 0 bridgehead atoms. The van der Waals surface area contributed by atoms with Gasteiger partial charge in [-0.15, -0.1) is 5.10 Å². The van der Waals surface area contributed by atoms with Crippen LogP contribution in [0.2, 0.25) is 0 Å². The average molecular weight is 414 g/mol. The maximum Gasteiger partial charge on any atom is 0.350 e. The number of halogens is 4. The van der Waals surface area contributed by atoms with Crippen molar-refractivity contribution in [3.63, 3.8) is 0 Å². The molecule has 0 aromatic carbocycles. The van der Waals surface area contributed by atoms with Crippen LogP contribution in [0.15, 0.2) is 47.5 Å². The SMILES string of the molecule is O=C(OCCn1nc2ccccn2c1=O)c1ccc(OCC(F)(F)C(F)F)nc1. The number of ether oxygens (including phenoxy) is 2. The predicted octanol–water partition coefficient (Wildman–Crippen LogP) is 2.03. The molecule has 0 spiro atoms. The molecule has 0 aliphatic rings. The molecule has 0 aliphatic heterocycles. The van der Waals surface area contributed by atoms with Crippen molar-refractivity contribution < 1.29 is 31.8 Å². The fourth-order valence-corrected chi connectivity index (χ4v) is 2.24. The van der Waals surface area contributed by atoms with Crippen LogP contribution < -0.4 is 10.4 Å². The molecule has 29 heavy (non-hydrogen) atoms. The number of esters is 1. The molecule has 3 heterocycles. The van der Waals surface area contributed by atoms with Crippen LogP contribution in [0, 0.1) is 0 Å². The number of pyridine rings is 2. The molecule has 8 nitrogen and oxygen atoms in total. The Morgan fingerprint density at radius 3 is 2.66 bits per heavy atom. The average Bonchev–Trinajstić information content (AvgIpc) is 3.02. The van der Waals surface area contributed by atoms with E-state index in [0.29, 0.717) is 5.65 Å². The van der Waals surface area contributed by atoms with Crippen molar-refractivity contribution >= 4 is 11.6 Å². The maximum atomic E-state index is 12.8. The van der Waals surface area contributed by atoms with Gasteiger partial charge in [0.05, 0.1) is 12.1 Å². The standard InChI is InChI=1S/C17H14F4N4O4/c18-15(19)17(20,21)10-29-13-5-4-11(9-22-13)14(26)28-8-7-25-16(27)24-6-2-1-3-12(24)23-25/h1-6,9,15H,7-8,10H2. The van der Waals surface area contributed by atoms with E-state index in [-0.39, 0.29) is 30.3 Å². The third kappa shape index (κ3) is 4.70. The molecular weight excluding hydrogens is 400 g/mol. The predicted molar refractivity (Wildman–Crippen MR) is 90.4 cm³/mol. The molecular formula is C17H14F4N4O4. The fourth-order valence-electron chi connectivity index (χ4n) is 2.24. The van der Waals surface area contributed by atoms with Gasteiger partial charge in [-0.3, -0.25) is 4.40 Å². The van der Waals surface area contributed by atoms with Crippen LogP contribution in [-0.4, -0.2) is 50.7 Å². The van der Waals surface area contributed by atoms with Crippen LogP contribution in [0.4, 0.5) is 17.6 Å². The molecule has 0 saturated carbocycles. The van der Waals surface area contributed by atoms with E-state index in [2.05, 4.69) is 14.8 Å². The van der Waals surface area contributed by atoms with Gasteiger partial charge in [-0.2, -0.15) is 8.78 Å². The van der Waals surface area contributed by atoms with E-state index < -0.39 is 24.9 Å². The number of carbonyl (C=O) groups excluding carboxylic acids is 1. The summed E-state index contributed by atoms with van der Waals surface area (Å²) >= 11 is 0. The quantitative estimate of drug-likeness (QED) is 0.414. The molecule has 154 valence electrons. The van der Waals surface area contributed by atoms with Crippen molar-refractivity contribution in [2.75, 3.05) is 13.2 Å². The number of hydrogen-bond acceptors (Lipinski definition) is 6.